The van der Waals surface area contributed by atoms with Crippen LogP contribution in [-0.4, -0.2) is 66.2 Å². The monoisotopic (exact) mass is 368 g/mol. The van der Waals surface area contributed by atoms with E-state index in [2.05, 4.69) is 27.2 Å². The highest BCUT2D eigenvalue weighted by Gasteiger charge is 2.23. The highest BCUT2D eigenvalue weighted by Crippen LogP contribution is 2.19. The minimum Gasteiger partial charge on any atom is -0.497 e. The van der Waals surface area contributed by atoms with Gasteiger partial charge < -0.3 is 14.5 Å². The smallest absolute Gasteiger partial charge is 0.255 e. The highest BCUT2D eigenvalue weighted by molar-refractivity contribution is 5.93. The van der Waals surface area contributed by atoms with Crippen LogP contribution >= 0.6 is 0 Å². The van der Waals surface area contributed by atoms with Crippen LogP contribution in [0.4, 0.5) is 0 Å². The Morgan fingerprint density at radius 2 is 2.07 bits per heavy atom. The molecule has 27 heavy (non-hydrogen) atoms. The van der Waals surface area contributed by atoms with Crippen molar-refractivity contribution < 1.29 is 9.53 Å². The summed E-state index contributed by atoms with van der Waals surface area (Å²) in [6.45, 7) is 4.01. The number of methoxy groups -OCH3 is 1. The zero-order valence-electron chi connectivity index (χ0n) is 16.2. The topological polar surface area (TPSA) is 58.6 Å². The van der Waals surface area contributed by atoms with E-state index in [-0.39, 0.29) is 5.91 Å². The lowest BCUT2D eigenvalue weighted by atomic mass is 9.97. The molecule has 0 unspecified atom stereocenters. The summed E-state index contributed by atoms with van der Waals surface area (Å²) in [5, 5.41) is 7.53. The largest absolute Gasteiger partial charge is 0.497 e. The van der Waals surface area contributed by atoms with E-state index >= 15 is 0 Å². The van der Waals surface area contributed by atoms with Crippen molar-refractivity contribution in [1.29, 1.82) is 0 Å². The Balaban J connectivity index is 1.47. The predicted octanol–water partition coefficient (Wildman–Crippen LogP) is 2.51. The first kappa shape index (κ1) is 19.3. The third kappa shape index (κ3) is 5.50. The summed E-state index contributed by atoms with van der Waals surface area (Å²) in [7, 11) is 3.56. The second-order valence-corrected chi connectivity index (χ2v) is 7.22. The van der Waals surface area contributed by atoms with Gasteiger partial charge >= 0.3 is 0 Å². The lowest BCUT2D eigenvalue weighted by Crippen LogP contribution is -2.42. The molecule has 1 saturated heterocycles. The number of aromatic nitrogens is 2. The first-order chi connectivity index (χ1) is 13.2. The fraction of sp³-hybridized carbons (Fsp3) is 0.476. The lowest BCUT2D eigenvalue weighted by Gasteiger charge is -2.34. The SMILES string of the molecule is COc1ccc(CCN2CCC[C@H](CN(C)C(=O)c3ccnnc3)C2)cc1. The third-order valence-corrected chi connectivity index (χ3v) is 5.19. The van der Waals surface area contributed by atoms with Gasteiger partial charge in [-0.25, -0.2) is 0 Å². The molecule has 2 heterocycles. The number of hydrogen-bond donors (Lipinski definition) is 0. The molecule has 1 atom stereocenters. The van der Waals surface area contributed by atoms with Crippen LogP contribution in [0, 0.1) is 5.92 Å². The van der Waals surface area contributed by atoms with Crippen molar-refractivity contribution in [2.45, 2.75) is 19.3 Å². The van der Waals surface area contributed by atoms with Gasteiger partial charge in [0, 0.05) is 26.7 Å². The van der Waals surface area contributed by atoms with Crippen LogP contribution in [0.25, 0.3) is 0 Å². The zero-order valence-corrected chi connectivity index (χ0v) is 16.2. The minimum atomic E-state index is 0.0141. The Bertz CT molecular complexity index is 721. The number of piperidine rings is 1. The molecule has 1 fully saturated rings. The second-order valence-electron chi connectivity index (χ2n) is 7.22. The Hall–Kier alpha value is -2.47. The van der Waals surface area contributed by atoms with E-state index in [9.17, 15) is 4.79 Å². The van der Waals surface area contributed by atoms with Gasteiger partial charge in [0.1, 0.15) is 5.75 Å². The Kier molecular flexibility index (Phi) is 6.76. The summed E-state index contributed by atoms with van der Waals surface area (Å²) in [6, 6.07) is 10.0. The third-order valence-electron chi connectivity index (χ3n) is 5.19. The van der Waals surface area contributed by atoms with Gasteiger partial charge in [-0.3, -0.25) is 4.79 Å². The van der Waals surface area contributed by atoms with Crippen molar-refractivity contribution in [2.75, 3.05) is 40.3 Å². The molecule has 1 aromatic carbocycles. The summed E-state index contributed by atoms with van der Waals surface area (Å²) in [5.41, 5.74) is 1.93. The molecule has 3 rings (SSSR count). The first-order valence-electron chi connectivity index (χ1n) is 9.53. The number of likely N-dealkylation sites (tertiary alicyclic amines) is 1. The number of ether oxygens (including phenoxy) is 1. The number of hydrogen-bond acceptors (Lipinski definition) is 5. The van der Waals surface area contributed by atoms with Crippen LogP contribution in [0.1, 0.15) is 28.8 Å². The summed E-state index contributed by atoms with van der Waals surface area (Å²) in [6.07, 6.45) is 6.48. The molecule has 2 aromatic rings. The van der Waals surface area contributed by atoms with Gasteiger partial charge in [0.15, 0.2) is 0 Å². The Labute approximate surface area is 161 Å². The molecule has 0 N–H and O–H groups in total. The summed E-state index contributed by atoms with van der Waals surface area (Å²) < 4.78 is 5.22. The number of carbonyl (C=O) groups is 1. The van der Waals surface area contributed by atoms with E-state index in [0.29, 0.717) is 11.5 Å². The van der Waals surface area contributed by atoms with Crippen molar-refractivity contribution in [1.82, 2.24) is 20.0 Å². The molecule has 0 bridgehead atoms. The molecule has 1 amide bonds. The number of benzene rings is 1. The number of rotatable bonds is 7. The van der Waals surface area contributed by atoms with Gasteiger partial charge in [-0.15, -0.1) is 0 Å². The van der Waals surface area contributed by atoms with Crippen molar-refractivity contribution in [3.63, 3.8) is 0 Å². The molecule has 144 valence electrons. The molecule has 1 aliphatic heterocycles. The average Bonchev–Trinajstić information content (AvgIpc) is 2.73. The maximum Gasteiger partial charge on any atom is 0.255 e. The van der Waals surface area contributed by atoms with E-state index in [1.165, 1.54) is 24.6 Å². The van der Waals surface area contributed by atoms with E-state index in [4.69, 9.17) is 4.74 Å². The maximum absolute atomic E-state index is 12.5. The molecule has 0 spiro atoms. The Morgan fingerprint density at radius 3 is 2.78 bits per heavy atom. The van der Waals surface area contributed by atoms with Crippen LogP contribution in [0.3, 0.4) is 0 Å². The molecule has 1 aromatic heterocycles. The predicted molar refractivity (Wildman–Crippen MR) is 105 cm³/mol. The van der Waals surface area contributed by atoms with Gasteiger partial charge in [0.05, 0.1) is 25.1 Å². The van der Waals surface area contributed by atoms with Crippen molar-refractivity contribution in [2.24, 2.45) is 5.92 Å². The lowest BCUT2D eigenvalue weighted by molar-refractivity contribution is 0.0730. The quantitative estimate of drug-likeness (QED) is 0.752. The van der Waals surface area contributed by atoms with Crippen molar-refractivity contribution in [3.05, 3.63) is 53.9 Å². The average molecular weight is 368 g/mol. The van der Waals surface area contributed by atoms with E-state index < -0.39 is 0 Å². The fourth-order valence-electron chi connectivity index (χ4n) is 3.69. The highest BCUT2D eigenvalue weighted by atomic mass is 16.5. The molecular formula is C21H28N4O2. The number of nitrogens with zero attached hydrogens (tertiary/aromatic N) is 4. The van der Waals surface area contributed by atoms with Gasteiger partial charge in [0.25, 0.3) is 5.91 Å². The van der Waals surface area contributed by atoms with Crippen LogP contribution in [0.15, 0.2) is 42.7 Å². The van der Waals surface area contributed by atoms with Gasteiger partial charge in [-0.05, 0) is 55.5 Å². The maximum atomic E-state index is 12.5. The van der Waals surface area contributed by atoms with Crippen molar-refractivity contribution in [3.8, 4) is 5.75 Å². The van der Waals surface area contributed by atoms with Crippen LogP contribution in [-0.2, 0) is 6.42 Å². The minimum absolute atomic E-state index is 0.0141. The van der Waals surface area contributed by atoms with Crippen LogP contribution in [0.5, 0.6) is 5.75 Å². The molecule has 6 nitrogen and oxygen atoms in total. The summed E-state index contributed by atoms with van der Waals surface area (Å²) >= 11 is 0. The van der Waals surface area contributed by atoms with E-state index in [0.717, 1.165) is 38.3 Å². The fourth-order valence-corrected chi connectivity index (χ4v) is 3.69. The van der Waals surface area contributed by atoms with E-state index in [1.54, 1.807) is 19.4 Å². The molecule has 0 radical (unpaired) electrons. The molecule has 0 saturated carbocycles. The van der Waals surface area contributed by atoms with Crippen molar-refractivity contribution >= 4 is 5.91 Å². The number of amides is 1. The van der Waals surface area contributed by atoms with E-state index in [1.807, 2.05) is 24.1 Å². The van der Waals surface area contributed by atoms with Gasteiger partial charge in [-0.1, -0.05) is 12.1 Å². The summed E-state index contributed by atoms with van der Waals surface area (Å²) in [4.78, 5) is 16.8. The molecule has 1 aliphatic rings. The summed E-state index contributed by atoms with van der Waals surface area (Å²) in [5.74, 6) is 1.42. The number of carbonyl (C=O) groups excluding carboxylic acids is 1. The first-order valence-corrected chi connectivity index (χ1v) is 9.53. The van der Waals surface area contributed by atoms with Gasteiger partial charge in [0.2, 0.25) is 0 Å². The molecular weight excluding hydrogens is 340 g/mol. The second kappa shape index (κ2) is 9.46. The van der Waals surface area contributed by atoms with Gasteiger partial charge in [-0.2, -0.15) is 10.2 Å². The standard InChI is InChI=1S/C21H28N4O2/c1-24(21(26)19-9-11-22-23-14-19)15-18-4-3-12-25(16-18)13-10-17-5-7-20(27-2)8-6-17/h5-9,11,14,18H,3-4,10,12-13,15-16H2,1-2H3/t18-/m1/s1. The molecule has 0 aliphatic carbocycles. The molecule has 6 heteroatoms. The van der Waals surface area contributed by atoms with Crippen LogP contribution in [0.2, 0.25) is 0 Å². The van der Waals surface area contributed by atoms with Crippen LogP contribution < -0.4 is 4.74 Å². The normalized spacial score (nSPS) is 17.5. The Morgan fingerprint density at radius 1 is 1.26 bits per heavy atom. The zero-order chi connectivity index (χ0) is 19.1.